The summed E-state index contributed by atoms with van der Waals surface area (Å²) in [5.74, 6) is 0.287. The van der Waals surface area contributed by atoms with E-state index in [0.717, 1.165) is 6.42 Å². The van der Waals surface area contributed by atoms with Gasteiger partial charge in [0, 0.05) is 13.5 Å². The molecule has 2 aliphatic heterocycles. The Morgan fingerprint density at radius 2 is 2.38 bits per heavy atom. The molecule has 2 rings (SSSR count). The maximum atomic E-state index is 11.7. The predicted molar refractivity (Wildman–Crippen MR) is 45.7 cm³/mol. The molecule has 2 fully saturated rings. The average molecular weight is 186 g/mol. The van der Waals surface area contributed by atoms with E-state index in [2.05, 4.69) is 5.32 Å². The van der Waals surface area contributed by atoms with Gasteiger partial charge in [0.05, 0.1) is 19.0 Å². The number of quaternary nitrogens is 1. The normalized spacial score (nSPS) is 42.0. The minimum atomic E-state index is -0.426. The molecular weight excluding hydrogens is 172 g/mol. The number of rotatable bonds is 1. The number of alkyl carbamates (subject to hydrolysis) is 1. The zero-order valence-electron chi connectivity index (χ0n) is 7.66. The molecule has 0 radical (unpaired) electrons. The van der Waals surface area contributed by atoms with E-state index in [1.54, 1.807) is 0 Å². The van der Waals surface area contributed by atoms with Gasteiger partial charge in [0.25, 0.3) is 0 Å². The van der Waals surface area contributed by atoms with Gasteiger partial charge in [-0.1, -0.05) is 0 Å². The molecule has 0 saturated carbocycles. The molecular formula is C8H14N2O3. The Morgan fingerprint density at radius 3 is 2.85 bits per heavy atom. The molecule has 0 spiro atoms. The van der Waals surface area contributed by atoms with E-state index < -0.39 is 6.09 Å². The molecule has 0 aromatic rings. The summed E-state index contributed by atoms with van der Waals surface area (Å²) in [4.78, 5) is 10.9. The molecule has 2 heterocycles. The zero-order chi connectivity index (χ0) is 9.47. The molecule has 0 aromatic heterocycles. The number of fused-ring (bicyclic) bond motifs is 2. The van der Waals surface area contributed by atoms with Crippen LogP contribution in [0.2, 0.25) is 0 Å². The smallest absolute Gasteiger partial charge is 0.407 e. The number of nitrogens with zero attached hydrogens (tertiary/aromatic N) is 1. The SMILES string of the molecule is CNC(=O)OC1C[N+]2([O-])CCC1C2. The van der Waals surface area contributed by atoms with E-state index >= 15 is 0 Å². The summed E-state index contributed by atoms with van der Waals surface area (Å²) in [6.45, 7) is 1.76. The van der Waals surface area contributed by atoms with E-state index in [1.165, 1.54) is 7.05 Å². The van der Waals surface area contributed by atoms with Crippen molar-refractivity contribution in [2.24, 2.45) is 5.92 Å². The fourth-order valence-electron chi connectivity index (χ4n) is 2.29. The van der Waals surface area contributed by atoms with Crippen molar-refractivity contribution in [3.8, 4) is 0 Å². The minimum Gasteiger partial charge on any atom is -0.633 e. The second kappa shape index (κ2) is 2.85. The highest BCUT2D eigenvalue weighted by atomic mass is 16.6. The van der Waals surface area contributed by atoms with Crippen LogP contribution in [-0.2, 0) is 4.74 Å². The van der Waals surface area contributed by atoms with Crippen LogP contribution in [0.25, 0.3) is 0 Å². The van der Waals surface area contributed by atoms with E-state index in [9.17, 15) is 10.0 Å². The molecule has 3 atom stereocenters. The fraction of sp³-hybridized carbons (Fsp3) is 0.875. The molecule has 2 aliphatic rings. The number of carbonyl (C=O) groups excluding carboxylic acids is 1. The van der Waals surface area contributed by atoms with Crippen molar-refractivity contribution >= 4 is 6.09 Å². The highest BCUT2D eigenvalue weighted by Gasteiger charge is 2.48. The first-order chi connectivity index (χ1) is 6.13. The number of hydroxylamine groups is 3. The van der Waals surface area contributed by atoms with Crippen LogP contribution < -0.4 is 5.32 Å². The van der Waals surface area contributed by atoms with Crippen LogP contribution in [0.3, 0.4) is 0 Å². The lowest BCUT2D eigenvalue weighted by Gasteiger charge is -2.36. The number of nitrogens with one attached hydrogen (secondary N) is 1. The van der Waals surface area contributed by atoms with Crippen molar-refractivity contribution in [2.45, 2.75) is 12.5 Å². The topological polar surface area (TPSA) is 61.4 Å². The summed E-state index contributed by atoms with van der Waals surface area (Å²) in [7, 11) is 1.53. The average Bonchev–Trinajstić information content (AvgIpc) is 2.59. The first-order valence-corrected chi connectivity index (χ1v) is 4.58. The molecule has 5 nitrogen and oxygen atoms in total. The lowest BCUT2D eigenvalue weighted by Crippen LogP contribution is -2.42. The van der Waals surface area contributed by atoms with Crippen molar-refractivity contribution < 1.29 is 14.2 Å². The molecule has 2 bridgehead atoms. The maximum absolute atomic E-state index is 11.7. The second-order valence-corrected chi connectivity index (χ2v) is 3.89. The Balaban J connectivity index is 1.94. The van der Waals surface area contributed by atoms with Crippen LogP contribution >= 0.6 is 0 Å². The number of amides is 1. The van der Waals surface area contributed by atoms with E-state index in [1.807, 2.05) is 0 Å². The van der Waals surface area contributed by atoms with E-state index in [0.29, 0.717) is 19.6 Å². The summed E-state index contributed by atoms with van der Waals surface area (Å²) in [5, 5.41) is 14.1. The molecule has 0 aliphatic carbocycles. The summed E-state index contributed by atoms with van der Waals surface area (Å²) in [5.41, 5.74) is 0. The van der Waals surface area contributed by atoms with Crippen LogP contribution in [0.4, 0.5) is 4.79 Å². The Hall–Kier alpha value is -0.810. The molecule has 3 unspecified atom stereocenters. The lowest BCUT2D eigenvalue weighted by atomic mass is 10.0. The third-order valence-corrected chi connectivity index (χ3v) is 2.98. The first kappa shape index (κ1) is 8.77. The number of hydrogen-bond acceptors (Lipinski definition) is 3. The molecule has 74 valence electrons. The van der Waals surface area contributed by atoms with Gasteiger partial charge in [0.15, 0.2) is 6.10 Å². The van der Waals surface area contributed by atoms with Crippen LogP contribution in [0.1, 0.15) is 6.42 Å². The highest BCUT2D eigenvalue weighted by molar-refractivity contribution is 5.66. The van der Waals surface area contributed by atoms with Crippen molar-refractivity contribution in [3.05, 3.63) is 5.21 Å². The third-order valence-electron chi connectivity index (χ3n) is 2.98. The Labute approximate surface area is 76.8 Å². The first-order valence-electron chi connectivity index (χ1n) is 4.58. The molecule has 2 saturated heterocycles. The second-order valence-electron chi connectivity index (χ2n) is 3.89. The Kier molecular flexibility index (Phi) is 1.92. The molecule has 13 heavy (non-hydrogen) atoms. The van der Waals surface area contributed by atoms with Gasteiger partial charge in [-0.05, 0) is 0 Å². The van der Waals surface area contributed by atoms with Gasteiger partial charge in [-0.25, -0.2) is 4.79 Å². The van der Waals surface area contributed by atoms with Gasteiger partial charge in [0.2, 0.25) is 0 Å². The van der Waals surface area contributed by atoms with Crippen LogP contribution in [0.5, 0.6) is 0 Å². The number of carbonyl (C=O) groups is 1. The summed E-state index contributed by atoms with van der Waals surface area (Å²) in [6.07, 6.45) is 0.307. The highest BCUT2D eigenvalue weighted by Crippen LogP contribution is 2.35. The van der Waals surface area contributed by atoms with Gasteiger partial charge in [-0.2, -0.15) is 0 Å². The fourth-order valence-corrected chi connectivity index (χ4v) is 2.29. The summed E-state index contributed by atoms with van der Waals surface area (Å²) < 4.78 is 4.93. The molecule has 0 aromatic carbocycles. The molecule has 1 amide bonds. The van der Waals surface area contributed by atoms with Gasteiger partial charge >= 0.3 is 6.09 Å². The van der Waals surface area contributed by atoms with Crippen molar-refractivity contribution in [3.63, 3.8) is 0 Å². The zero-order valence-corrected chi connectivity index (χ0v) is 7.66. The quantitative estimate of drug-likeness (QED) is 0.465. The predicted octanol–water partition coefficient (Wildman–Crippen LogP) is 0.0591. The Bertz CT molecular complexity index is 233. The monoisotopic (exact) mass is 186 g/mol. The van der Waals surface area contributed by atoms with Gasteiger partial charge < -0.3 is 19.9 Å². The number of piperidine rings is 1. The van der Waals surface area contributed by atoms with Crippen molar-refractivity contribution in [2.75, 3.05) is 26.7 Å². The van der Waals surface area contributed by atoms with Crippen LogP contribution in [0, 0.1) is 11.1 Å². The maximum Gasteiger partial charge on any atom is 0.407 e. The number of ether oxygens (including phenoxy) is 1. The van der Waals surface area contributed by atoms with Crippen molar-refractivity contribution in [1.29, 1.82) is 0 Å². The molecule has 5 heteroatoms. The van der Waals surface area contributed by atoms with E-state index in [4.69, 9.17) is 4.74 Å². The largest absolute Gasteiger partial charge is 0.633 e. The summed E-state index contributed by atoms with van der Waals surface area (Å²) >= 11 is 0. The van der Waals surface area contributed by atoms with E-state index in [-0.39, 0.29) is 16.7 Å². The molecule has 1 N–H and O–H groups in total. The third kappa shape index (κ3) is 1.49. The minimum absolute atomic E-state index is 0.160. The lowest BCUT2D eigenvalue weighted by molar-refractivity contribution is -0.861. The van der Waals surface area contributed by atoms with Gasteiger partial charge in [-0.15, -0.1) is 0 Å². The Morgan fingerprint density at radius 1 is 1.62 bits per heavy atom. The van der Waals surface area contributed by atoms with Crippen molar-refractivity contribution in [1.82, 2.24) is 5.32 Å². The standard InChI is InChI=1S/C8H14N2O3/c1-9-8(11)13-7-5-10(12)3-2-6(7)4-10/h6-7H,2-5H2,1H3,(H,9,11). The summed E-state index contributed by atoms with van der Waals surface area (Å²) in [6, 6.07) is 0. The van der Waals surface area contributed by atoms with Crippen LogP contribution in [-0.4, -0.2) is 43.5 Å². The van der Waals surface area contributed by atoms with Crippen LogP contribution in [0.15, 0.2) is 0 Å². The van der Waals surface area contributed by atoms with Gasteiger partial charge in [-0.3, -0.25) is 0 Å². The van der Waals surface area contributed by atoms with Gasteiger partial charge in [0.1, 0.15) is 6.54 Å². The number of hydrogen-bond donors (Lipinski definition) is 1.